The average Bonchev–Trinajstić information content (AvgIpc) is 3.10. The van der Waals surface area contributed by atoms with E-state index in [2.05, 4.69) is 16.4 Å². The number of carbonyl (C=O) groups is 1. The summed E-state index contributed by atoms with van der Waals surface area (Å²) in [5, 5.41) is 17.0. The van der Waals surface area contributed by atoms with E-state index in [1.54, 1.807) is 18.1 Å². The summed E-state index contributed by atoms with van der Waals surface area (Å²) in [5.41, 5.74) is 1.95. The topological polar surface area (TPSA) is 73.1 Å². The Balaban J connectivity index is 1.79. The molecule has 3 rings (SSSR count). The molecule has 116 valence electrons. The number of amides is 1. The second-order valence-electron chi connectivity index (χ2n) is 5.60. The van der Waals surface area contributed by atoms with Crippen molar-refractivity contribution in [2.45, 2.75) is 6.42 Å². The van der Waals surface area contributed by atoms with Gasteiger partial charge in [-0.1, -0.05) is 30.3 Å². The lowest BCUT2D eigenvalue weighted by atomic mass is 10.1. The maximum atomic E-state index is 12.6. The van der Waals surface area contributed by atoms with Crippen molar-refractivity contribution in [3.8, 4) is 17.3 Å². The third-order valence-electron chi connectivity index (χ3n) is 4.10. The van der Waals surface area contributed by atoms with E-state index in [1.165, 1.54) is 4.90 Å². The van der Waals surface area contributed by atoms with Crippen molar-refractivity contribution in [2.24, 2.45) is 5.92 Å². The Morgan fingerprint density at radius 3 is 2.83 bits per heavy atom. The van der Waals surface area contributed by atoms with Crippen molar-refractivity contribution in [1.29, 1.82) is 5.26 Å². The second-order valence-corrected chi connectivity index (χ2v) is 5.60. The van der Waals surface area contributed by atoms with Gasteiger partial charge in [-0.3, -0.25) is 9.69 Å². The van der Waals surface area contributed by atoms with Crippen LogP contribution in [0.1, 0.15) is 6.42 Å². The predicted octanol–water partition coefficient (Wildman–Crippen LogP) is 1.91. The first-order chi connectivity index (χ1) is 11.2. The van der Waals surface area contributed by atoms with Crippen LogP contribution in [0.25, 0.3) is 11.1 Å². The number of likely N-dealkylation sites (tertiary alicyclic amines) is 1. The summed E-state index contributed by atoms with van der Waals surface area (Å²) in [6.45, 7) is 1.11. The third-order valence-corrected chi connectivity index (χ3v) is 4.10. The highest BCUT2D eigenvalue weighted by molar-refractivity contribution is 5.94. The zero-order chi connectivity index (χ0) is 16.2. The van der Waals surface area contributed by atoms with E-state index in [4.69, 9.17) is 5.26 Å². The van der Waals surface area contributed by atoms with Gasteiger partial charge in [-0.2, -0.15) is 10.4 Å². The summed E-state index contributed by atoms with van der Waals surface area (Å²) in [4.78, 5) is 15.7. The Morgan fingerprint density at radius 1 is 1.35 bits per heavy atom. The van der Waals surface area contributed by atoms with Crippen LogP contribution in [0.3, 0.4) is 0 Å². The molecule has 23 heavy (non-hydrogen) atoms. The molecule has 1 saturated heterocycles. The highest BCUT2D eigenvalue weighted by atomic mass is 16.2. The summed E-state index contributed by atoms with van der Waals surface area (Å²) in [7, 11) is 1.70. The van der Waals surface area contributed by atoms with E-state index in [0.29, 0.717) is 25.3 Å². The van der Waals surface area contributed by atoms with E-state index in [9.17, 15) is 4.79 Å². The fourth-order valence-corrected chi connectivity index (χ4v) is 2.75. The van der Waals surface area contributed by atoms with Gasteiger partial charge in [-0.25, -0.2) is 0 Å². The Morgan fingerprint density at radius 2 is 2.13 bits per heavy atom. The van der Waals surface area contributed by atoms with Crippen LogP contribution in [-0.2, 0) is 4.79 Å². The first-order valence-electron chi connectivity index (χ1n) is 7.49. The SMILES string of the molecule is CN(C(=O)C1CCN(C#N)C1)c1cc(-c2ccccc2)cnn1. The van der Waals surface area contributed by atoms with Crippen LogP contribution in [0, 0.1) is 17.4 Å². The minimum absolute atomic E-state index is 0.0257. The summed E-state index contributed by atoms with van der Waals surface area (Å²) in [6, 6.07) is 11.7. The maximum absolute atomic E-state index is 12.6. The van der Waals surface area contributed by atoms with Gasteiger partial charge in [0.15, 0.2) is 12.0 Å². The van der Waals surface area contributed by atoms with Crippen molar-refractivity contribution in [3.05, 3.63) is 42.6 Å². The van der Waals surface area contributed by atoms with Gasteiger partial charge in [-0.05, 0) is 18.1 Å². The molecule has 1 unspecified atom stereocenters. The van der Waals surface area contributed by atoms with Crippen molar-refractivity contribution in [1.82, 2.24) is 15.1 Å². The summed E-state index contributed by atoms with van der Waals surface area (Å²) in [5.74, 6) is 0.329. The molecule has 6 nitrogen and oxygen atoms in total. The largest absolute Gasteiger partial charge is 0.310 e. The van der Waals surface area contributed by atoms with Crippen molar-refractivity contribution in [2.75, 3.05) is 25.0 Å². The predicted molar refractivity (Wildman–Crippen MR) is 86.2 cm³/mol. The number of rotatable bonds is 3. The lowest BCUT2D eigenvalue weighted by molar-refractivity contribution is -0.121. The van der Waals surface area contributed by atoms with E-state index in [-0.39, 0.29) is 11.8 Å². The standard InChI is InChI=1S/C17H17N5O/c1-21(17(23)14-7-8-22(11-14)12-18)16-9-15(10-19-20-16)13-5-3-2-4-6-13/h2-6,9-10,14H,7-8,11H2,1H3. The second kappa shape index (κ2) is 6.44. The quantitative estimate of drug-likeness (QED) is 0.810. The number of nitrogens with zero attached hydrogens (tertiary/aromatic N) is 5. The number of hydrogen-bond acceptors (Lipinski definition) is 5. The molecule has 1 aliphatic rings. The fourth-order valence-electron chi connectivity index (χ4n) is 2.75. The highest BCUT2D eigenvalue weighted by Crippen LogP contribution is 2.24. The van der Waals surface area contributed by atoms with Crippen molar-refractivity contribution in [3.63, 3.8) is 0 Å². The van der Waals surface area contributed by atoms with Gasteiger partial charge in [0.25, 0.3) is 0 Å². The smallest absolute Gasteiger partial charge is 0.232 e. The number of hydrogen-bond donors (Lipinski definition) is 0. The first kappa shape index (κ1) is 15.0. The minimum atomic E-state index is -0.165. The zero-order valence-electron chi connectivity index (χ0n) is 12.9. The fraction of sp³-hybridized carbons (Fsp3) is 0.294. The number of anilines is 1. The number of benzene rings is 1. The maximum Gasteiger partial charge on any atom is 0.232 e. The zero-order valence-corrected chi connectivity index (χ0v) is 12.9. The lowest BCUT2D eigenvalue weighted by Gasteiger charge is -2.19. The van der Waals surface area contributed by atoms with Gasteiger partial charge >= 0.3 is 0 Å². The van der Waals surface area contributed by atoms with Crippen LogP contribution in [-0.4, -0.2) is 41.1 Å². The Hall–Kier alpha value is -2.94. The van der Waals surface area contributed by atoms with Crippen LogP contribution in [0.4, 0.5) is 5.82 Å². The van der Waals surface area contributed by atoms with Crippen LogP contribution in [0.15, 0.2) is 42.6 Å². The molecule has 2 heterocycles. The summed E-state index contributed by atoms with van der Waals surface area (Å²) < 4.78 is 0. The molecule has 1 aliphatic heterocycles. The molecule has 2 aromatic rings. The highest BCUT2D eigenvalue weighted by Gasteiger charge is 2.30. The molecule has 1 amide bonds. The molecule has 1 atom stereocenters. The molecule has 1 aromatic carbocycles. The normalized spacial score (nSPS) is 16.9. The van der Waals surface area contributed by atoms with E-state index in [1.807, 2.05) is 36.4 Å². The van der Waals surface area contributed by atoms with Gasteiger partial charge in [0.2, 0.25) is 5.91 Å². The van der Waals surface area contributed by atoms with Crippen LogP contribution >= 0.6 is 0 Å². The molecule has 1 aromatic heterocycles. The summed E-state index contributed by atoms with van der Waals surface area (Å²) in [6.07, 6.45) is 4.47. The molecule has 0 aliphatic carbocycles. The molecule has 0 bridgehead atoms. The number of nitriles is 1. The minimum Gasteiger partial charge on any atom is -0.310 e. The van der Waals surface area contributed by atoms with Crippen LogP contribution in [0.5, 0.6) is 0 Å². The number of aromatic nitrogens is 2. The molecule has 0 radical (unpaired) electrons. The van der Waals surface area contributed by atoms with E-state index >= 15 is 0 Å². The molecule has 0 N–H and O–H groups in total. The van der Waals surface area contributed by atoms with Crippen molar-refractivity contribution < 1.29 is 4.79 Å². The first-order valence-corrected chi connectivity index (χ1v) is 7.49. The van der Waals surface area contributed by atoms with E-state index < -0.39 is 0 Å². The summed E-state index contributed by atoms with van der Waals surface area (Å²) >= 11 is 0. The van der Waals surface area contributed by atoms with Gasteiger partial charge < -0.3 is 4.90 Å². The van der Waals surface area contributed by atoms with Gasteiger partial charge in [0, 0.05) is 25.7 Å². The monoisotopic (exact) mass is 307 g/mol. The molecular formula is C17H17N5O. The van der Waals surface area contributed by atoms with Gasteiger partial charge in [-0.15, -0.1) is 5.10 Å². The Kier molecular flexibility index (Phi) is 4.20. The van der Waals surface area contributed by atoms with Crippen LogP contribution < -0.4 is 4.90 Å². The molecule has 0 saturated carbocycles. The van der Waals surface area contributed by atoms with E-state index in [0.717, 1.165) is 11.1 Å². The van der Waals surface area contributed by atoms with Gasteiger partial charge in [0.05, 0.1) is 12.1 Å². The Bertz CT molecular complexity index is 740. The third kappa shape index (κ3) is 3.14. The molecule has 1 fully saturated rings. The number of carbonyl (C=O) groups excluding carboxylic acids is 1. The van der Waals surface area contributed by atoms with Crippen LogP contribution in [0.2, 0.25) is 0 Å². The van der Waals surface area contributed by atoms with Gasteiger partial charge in [0.1, 0.15) is 0 Å². The molecular weight excluding hydrogens is 290 g/mol. The van der Waals surface area contributed by atoms with Crippen molar-refractivity contribution >= 4 is 11.7 Å². The molecule has 6 heteroatoms. The molecule has 0 spiro atoms. The average molecular weight is 307 g/mol. The Labute approximate surface area is 135 Å². The lowest BCUT2D eigenvalue weighted by Crippen LogP contribution is -2.34.